The maximum Gasteiger partial charge on any atom is 0.264 e. The van der Waals surface area contributed by atoms with E-state index in [9.17, 15) is 8.42 Å². The predicted molar refractivity (Wildman–Crippen MR) is 109 cm³/mol. The Hall–Kier alpha value is -2.22. The second-order valence-electron chi connectivity index (χ2n) is 6.67. The first-order chi connectivity index (χ1) is 13.0. The van der Waals surface area contributed by atoms with Crippen molar-refractivity contribution >= 4 is 27.0 Å². The Balaban J connectivity index is 1.75. The molecule has 1 aliphatic heterocycles. The lowest BCUT2D eigenvalue weighted by molar-refractivity contribution is 0.586. The van der Waals surface area contributed by atoms with E-state index in [1.807, 2.05) is 36.6 Å². The van der Waals surface area contributed by atoms with Gasteiger partial charge in [0.2, 0.25) is 0 Å². The maximum atomic E-state index is 13.4. The van der Waals surface area contributed by atoms with E-state index in [0.717, 1.165) is 45.9 Å². The Labute approximate surface area is 163 Å². The van der Waals surface area contributed by atoms with Crippen molar-refractivity contribution < 1.29 is 8.42 Å². The predicted octanol–water partition coefficient (Wildman–Crippen LogP) is 3.72. The van der Waals surface area contributed by atoms with Gasteiger partial charge in [-0.2, -0.15) is 0 Å². The van der Waals surface area contributed by atoms with Crippen LogP contribution < -0.4 is 10.0 Å². The van der Waals surface area contributed by atoms with E-state index in [1.165, 1.54) is 15.6 Å². The van der Waals surface area contributed by atoms with Crippen molar-refractivity contribution in [1.29, 1.82) is 0 Å². The summed E-state index contributed by atoms with van der Waals surface area (Å²) in [5.74, 6) is 0. The van der Waals surface area contributed by atoms with Gasteiger partial charge in [-0.15, -0.1) is 11.3 Å². The average Bonchev–Trinajstić information content (AvgIpc) is 3.13. The zero-order chi connectivity index (χ0) is 19.0. The number of thiazole rings is 1. The van der Waals surface area contributed by atoms with Crippen LogP contribution in [0.15, 0.2) is 52.7 Å². The van der Waals surface area contributed by atoms with E-state index < -0.39 is 10.0 Å². The van der Waals surface area contributed by atoms with Gasteiger partial charge in [0, 0.05) is 29.7 Å². The molecule has 2 heterocycles. The standard InChI is InChI=1S/C20H21N3O2S2/c1-14-13-26-20(22-14)17-4-2-6-18(11-17)27(24,25)23-9-3-5-16-10-15(12-21)7-8-19(16)23/h2,4,6-8,10-11,13H,3,5,9,12,21H2,1H3. The van der Waals surface area contributed by atoms with Crippen molar-refractivity contribution in [3.63, 3.8) is 0 Å². The number of fused-ring (bicyclic) bond motifs is 1. The molecule has 1 aliphatic rings. The number of nitrogens with two attached hydrogens (primary N) is 1. The van der Waals surface area contributed by atoms with Gasteiger partial charge in [-0.25, -0.2) is 13.4 Å². The third kappa shape index (κ3) is 3.38. The molecule has 0 radical (unpaired) electrons. The summed E-state index contributed by atoms with van der Waals surface area (Å²) in [4.78, 5) is 4.76. The van der Waals surface area contributed by atoms with Crippen LogP contribution in [0, 0.1) is 6.92 Å². The zero-order valence-electron chi connectivity index (χ0n) is 15.1. The van der Waals surface area contributed by atoms with Gasteiger partial charge in [-0.05, 0) is 49.1 Å². The summed E-state index contributed by atoms with van der Waals surface area (Å²) in [7, 11) is -3.64. The van der Waals surface area contributed by atoms with Crippen LogP contribution in [0.5, 0.6) is 0 Å². The monoisotopic (exact) mass is 399 g/mol. The lowest BCUT2D eigenvalue weighted by Gasteiger charge is -2.31. The molecular weight excluding hydrogens is 378 g/mol. The molecule has 0 amide bonds. The van der Waals surface area contributed by atoms with Crippen LogP contribution in [0.2, 0.25) is 0 Å². The lowest BCUT2D eigenvalue weighted by atomic mass is 10.0. The van der Waals surface area contributed by atoms with E-state index in [4.69, 9.17) is 5.73 Å². The van der Waals surface area contributed by atoms with Crippen molar-refractivity contribution in [3.05, 3.63) is 64.7 Å². The number of rotatable bonds is 4. The van der Waals surface area contributed by atoms with E-state index in [-0.39, 0.29) is 0 Å². The molecule has 7 heteroatoms. The molecule has 0 saturated carbocycles. The molecule has 0 unspecified atom stereocenters. The van der Waals surface area contributed by atoms with E-state index in [2.05, 4.69) is 4.98 Å². The molecule has 0 atom stereocenters. The average molecular weight is 400 g/mol. The number of aromatic nitrogens is 1. The summed E-state index contributed by atoms with van der Waals surface area (Å²) in [6, 6.07) is 12.9. The Bertz CT molecular complexity index is 1090. The molecule has 0 saturated heterocycles. The number of hydrogen-bond acceptors (Lipinski definition) is 5. The Morgan fingerprint density at radius 1 is 1.22 bits per heavy atom. The molecule has 140 valence electrons. The van der Waals surface area contributed by atoms with Gasteiger partial charge < -0.3 is 5.73 Å². The van der Waals surface area contributed by atoms with Gasteiger partial charge in [0.15, 0.2) is 0 Å². The Morgan fingerprint density at radius 2 is 2.07 bits per heavy atom. The third-order valence-corrected chi connectivity index (χ3v) is 7.56. The topological polar surface area (TPSA) is 76.3 Å². The summed E-state index contributed by atoms with van der Waals surface area (Å²) in [6.45, 7) is 2.87. The second kappa shape index (κ2) is 7.07. The minimum absolute atomic E-state index is 0.295. The third-order valence-electron chi connectivity index (χ3n) is 4.74. The van der Waals surface area contributed by atoms with Gasteiger partial charge in [-0.3, -0.25) is 4.31 Å². The number of nitrogens with zero attached hydrogens (tertiary/aromatic N) is 2. The number of aryl methyl sites for hydroxylation is 2. The highest BCUT2D eigenvalue weighted by Crippen LogP contribution is 2.34. The molecule has 27 heavy (non-hydrogen) atoms. The first-order valence-corrected chi connectivity index (χ1v) is 11.2. The molecule has 4 rings (SSSR count). The molecule has 0 bridgehead atoms. The summed E-state index contributed by atoms with van der Waals surface area (Å²) < 4.78 is 28.3. The maximum absolute atomic E-state index is 13.4. The zero-order valence-corrected chi connectivity index (χ0v) is 16.7. The molecule has 0 aliphatic carbocycles. The fraction of sp³-hybridized carbons (Fsp3) is 0.250. The van der Waals surface area contributed by atoms with E-state index in [0.29, 0.717) is 18.0 Å². The van der Waals surface area contributed by atoms with Gasteiger partial charge in [-0.1, -0.05) is 24.3 Å². The lowest BCUT2D eigenvalue weighted by Crippen LogP contribution is -2.35. The van der Waals surface area contributed by atoms with Crippen molar-refractivity contribution in [3.8, 4) is 10.6 Å². The number of benzene rings is 2. The second-order valence-corrected chi connectivity index (χ2v) is 9.39. The van der Waals surface area contributed by atoms with Crippen LogP contribution in [-0.4, -0.2) is 19.9 Å². The van der Waals surface area contributed by atoms with Crippen molar-refractivity contribution in [2.24, 2.45) is 5.73 Å². The first-order valence-electron chi connectivity index (χ1n) is 8.86. The van der Waals surface area contributed by atoms with Gasteiger partial charge in [0.25, 0.3) is 10.0 Å². The number of hydrogen-bond donors (Lipinski definition) is 1. The minimum Gasteiger partial charge on any atom is -0.326 e. The van der Waals surface area contributed by atoms with Crippen LogP contribution in [0.4, 0.5) is 5.69 Å². The molecule has 1 aromatic heterocycles. The van der Waals surface area contributed by atoms with E-state index in [1.54, 1.807) is 18.2 Å². The highest BCUT2D eigenvalue weighted by molar-refractivity contribution is 7.92. The molecule has 0 fully saturated rings. The molecule has 3 aromatic rings. The fourth-order valence-electron chi connectivity index (χ4n) is 3.40. The summed E-state index contributed by atoms with van der Waals surface area (Å²) in [5, 5.41) is 2.79. The molecular formula is C20H21N3O2S2. The SMILES string of the molecule is Cc1csc(-c2cccc(S(=O)(=O)N3CCCc4cc(CN)ccc43)c2)n1. The molecule has 2 aromatic carbocycles. The minimum atomic E-state index is -3.64. The van der Waals surface area contributed by atoms with Crippen LogP contribution in [0.1, 0.15) is 23.2 Å². The van der Waals surface area contributed by atoms with Crippen molar-refractivity contribution in [2.45, 2.75) is 31.2 Å². The Morgan fingerprint density at radius 3 is 2.81 bits per heavy atom. The fourth-order valence-corrected chi connectivity index (χ4v) is 5.78. The van der Waals surface area contributed by atoms with Gasteiger partial charge >= 0.3 is 0 Å². The number of anilines is 1. The highest BCUT2D eigenvalue weighted by atomic mass is 32.2. The highest BCUT2D eigenvalue weighted by Gasteiger charge is 2.29. The van der Waals surface area contributed by atoms with Crippen LogP contribution >= 0.6 is 11.3 Å². The quantitative estimate of drug-likeness (QED) is 0.725. The Kier molecular flexibility index (Phi) is 4.75. The van der Waals surface area contributed by atoms with Crippen LogP contribution in [-0.2, 0) is 23.0 Å². The van der Waals surface area contributed by atoms with E-state index >= 15 is 0 Å². The molecule has 2 N–H and O–H groups in total. The largest absolute Gasteiger partial charge is 0.326 e. The van der Waals surface area contributed by atoms with Gasteiger partial charge in [0.05, 0.1) is 10.6 Å². The summed E-state index contributed by atoms with van der Waals surface area (Å²) in [6.07, 6.45) is 1.67. The smallest absolute Gasteiger partial charge is 0.264 e. The van der Waals surface area contributed by atoms with Crippen molar-refractivity contribution in [2.75, 3.05) is 10.8 Å². The summed E-state index contributed by atoms with van der Waals surface area (Å²) >= 11 is 1.52. The van der Waals surface area contributed by atoms with Crippen molar-refractivity contribution in [1.82, 2.24) is 4.98 Å². The molecule has 0 spiro atoms. The van der Waals surface area contributed by atoms with Crippen LogP contribution in [0.25, 0.3) is 10.6 Å². The van der Waals surface area contributed by atoms with Crippen LogP contribution in [0.3, 0.4) is 0 Å². The molecule has 5 nitrogen and oxygen atoms in total. The normalized spacial score (nSPS) is 14.2. The summed E-state index contributed by atoms with van der Waals surface area (Å²) in [5.41, 5.74) is 10.3. The number of sulfonamides is 1. The first kappa shape index (κ1) is 18.2. The van der Waals surface area contributed by atoms with Gasteiger partial charge in [0.1, 0.15) is 5.01 Å².